The third-order valence-electron chi connectivity index (χ3n) is 3.73. The van der Waals surface area contributed by atoms with Crippen LogP contribution in [0.4, 0.5) is 5.69 Å². The number of carbonyl (C=O) groups excluding carboxylic acids is 1. The van der Waals surface area contributed by atoms with E-state index in [9.17, 15) is 4.79 Å². The zero-order chi connectivity index (χ0) is 15.2. The number of halogens is 1. The molecule has 1 aromatic rings. The summed E-state index contributed by atoms with van der Waals surface area (Å²) >= 11 is 3.52. The van der Waals surface area contributed by atoms with Crippen LogP contribution in [0.3, 0.4) is 0 Å². The van der Waals surface area contributed by atoms with Gasteiger partial charge in [0.25, 0.3) is 0 Å². The third kappa shape index (κ3) is 4.10. The number of methoxy groups -OCH3 is 1. The van der Waals surface area contributed by atoms with Gasteiger partial charge in [-0.15, -0.1) is 0 Å². The summed E-state index contributed by atoms with van der Waals surface area (Å²) in [5, 5.41) is 0. The summed E-state index contributed by atoms with van der Waals surface area (Å²) in [6.45, 7) is 4.27. The minimum absolute atomic E-state index is 0.218. The van der Waals surface area contributed by atoms with Crippen molar-refractivity contribution in [1.29, 1.82) is 0 Å². The summed E-state index contributed by atoms with van der Waals surface area (Å²) in [6, 6.07) is 6.27. The molecule has 0 bridgehead atoms. The Morgan fingerprint density at radius 2 is 2.19 bits per heavy atom. The Morgan fingerprint density at radius 1 is 1.38 bits per heavy atom. The Morgan fingerprint density at radius 3 is 2.90 bits per heavy atom. The second-order valence-corrected chi connectivity index (χ2v) is 6.22. The SMILES string of the molecule is CCCN1CCCC/C(C(=O)OC)=C/c2cc(Br)ccc21. The fourth-order valence-electron chi connectivity index (χ4n) is 2.72. The monoisotopic (exact) mass is 351 g/mol. The van der Waals surface area contributed by atoms with Crippen LogP contribution >= 0.6 is 15.9 Å². The molecule has 0 spiro atoms. The van der Waals surface area contributed by atoms with Crippen LogP contribution in [0.1, 0.15) is 38.2 Å². The van der Waals surface area contributed by atoms with E-state index in [1.807, 2.05) is 6.08 Å². The first kappa shape index (κ1) is 16.1. The highest BCUT2D eigenvalue weighted by Crippen LogP contribution is 2.30. The third-order valence-corrected chi connectivity index (χ3v) is 4.22. The lowest BCUT2D eigenvalue weighted by molar-refractivity contribution is -0.136. The smallest absolute Gasteiger partial charge is 0.333 e. The molecular weight excluding hydrogens is 330 g/mol. The van der Waals surface area contributed by atoms with Crippen LogP contribution in [0.25, 0.3) is 6.08 Å². The molecular formula is C17H22BrNO2. The van der Waals surface area contributed by atoms with E-state index in [0.29, 0.717) is 0 Å². The zero-order valence-corrected chi connectivity index (χ0v) is 14.3. The van der Waals surface area contributed by atoms with Gasteiger partial charge in [0.2, 0.25) is 0 Å². The van der Waals surface area contributed by atoms with E-state index in [1.54, 1.807) is 0 Å². The molecule has 0 fully saturated rings. The van der Waals surface area contributed by atoms with Gasteiger partial charge in [0.1, 0.15) is 0 Å². The van der Waals surface area contributed by atoms with Crippen molar-refractivity contribution in [2.75, 3.05) is 25.1 Å². The molecule has 0 radical (unpaired) electrons. The van der Waals surface area contributed by atoms with Crippen molar-refractivity contribution >= 4 is 33.7 Å². The number of benzene rings is 1. The van der Waals surface area contributed by atoms with Crippen molar-refractivity contribution in [1.82, 2.24) is 0 Å². The zero-order valence-electron chi connectivity index (χ0n) is 12.7. The standard InChI is InChI=1S/C17H22BrNO2/c1-3-9-19-10-5-4-6-13(17(20)21-2)11-14-12-15(18)7-8-16(14)19/h7-8,11-12H,3-6,9-10H2,1-2H3/b13-11-. The van der Waals surface area contributed by atoms with Gasteiger partial charge >= 0.3 is 5.97 Å². The predicted octanol–water partition coefficient (Wildman–Crippen LogP) is 4.41. The van der Waals surface area contributed by atoms with Crippen LogP contribution in [0, 0.1) is 0 Å². The summed E-state index contributed by atoms with van der Waals surface area (Å²) < 4.78 is 5.94. The van der Waals surface area contributed by atoms with E-state index in [0.717, 1.165) is 54.4 Å². The molecule has 4 heteroatoms. The van der Waals surface area contributed by atoms with Gasteiger partial charge in [-0.05, 0) is 55.5 Å². The maximum atomic E-state index is 11.9. The number of esters is 1. The van der Waals surface area contributed by atoms with E-state index < -0.39 is 0 Å². The second kappa shape index (κ2) is 7.64. The fraction of sp³-hybridized carbons (Fsp3) is 0.471. The molecule has 21 heavy (non-hydrogen) atoms. The highest BCUT2D eigenvalue weighted by Gasteiger charge is 2.16. The highest BCUT2D eigenvalue weighted by atomic mass is 79.9. The maximum absolute atomic E-state index is 11.9. The summed E-state index contributed by atoms with van der Waals surface area (Å²) in [4.78, 5) is 14.3. The fourth-order valence-corrected chi connectivity index (χ4v) is 3.10. The molecule has 1 aliphatic rings. The minimum Gasteiger partial charge on any atom is -0.466 e. The maximum Gasteiger partial charge on any atom is 0.333 e. The van der Waals surface area contributed by atoms with Gasteiger partial charge in [0.15, 0.2) is 0 Å². The first-order valence-corrected chi connectivity index (χ1v) is 8.28. The molecule has 3 nitrogen and oxygen atoms in total. The summed E-state index contributed by atoms with van der Waals surface area (Å²) in [7, 11) is 1.45. The molecule has 0 saturated heterocycles. The number of anilines is 1. The van der Waals surface area contributed by atoms with Gasteiger partial charge in [-0.2, -0.15) is 0 Å². The second-order valence-electron chi connectivity index (χ2n) is 5.31. The molecule has 114 valence electrons. The van der Waals surface area contributed by atoms with E-state index in [1.165, 1.54) is 12.8 Å². The van der Waals surface area contributed by atoms with E-state index in [4.69, 9.17) is 4.74 Å². The normalized spacial score (nSPS) is 17.9. The Balaban J connectivity index is 2.47. The van der Waals surface area contributed by atoms with E-state index >= 15 is 0 Å². The van der Waals surface area contributed by atoms with Gasteiger partial charge in [-0.1, -0.05) is 22.9 Å². The molecule has 1 aromatic carbocycles. The molecule has 1 aliphatic heterocycles. The van der Waals surface area contributed by atoms with Gasteiger partial charge in [0, 0.05) is 28.8 Å². The van der Waals surface area contributed by atoms with Gasteiger partial charge in [-0.25, -0.2) is 4.79 Å². The summed E-state index contributed by atoms with van der Waals surface area (Å²) in [6.07, 6.45) is 5.97. The molecule has 1 heterocycles. The minimum atomic E-state index is -0.218. The van der Waals surface area contributed by atoms with Crippen LogP contribution < -0.4 is 4.90 Å². The van der Waals surface area contributed by atoms with Crippen molar-refractivity contribution in [2.45, 2.75) is 32.6 Å². The molecule has 0 unspecified atom stereocenters. The number of ether oxygens (including phenoxy) is 1. The van der Waals surface area contributed by atoms with Crippen LogP contribution in [0.15, 0.2) is 28.2 Å². The Labute approximate surface area is 135 Å². The molecule has 0 atom stereocenters. The number of carbonyl (C=O) groups is 1. The lowest BCUT2D eigenvalue weighted by Crippen LogP contribution is -2.25. The molecule has 0 aliphatic carbocycles. The topological polar surface area (TPSA) is 29.5 Å². The first-order chi connectivity index (χ1) is 10.2. The summed E-state index contributed by atoms with van der Waals surface area (Å²) in [5.74, 6) is -0.218. The van der Waals surface area contributed by atoms with Crippen molar-refractivity contribution in [3.63, 3.8) is 0 Å². The number of hydrogen-bond acceptors (Lipinski definition) is 3. The molecule has 2 rings (SSSR count). The van der Waals surface area contributed by atoms with Crippen LogP contribution in [0.5, 0.6) is 0 Å². The quantitative estimate of drug-likeness (QED) is 0.755. The average Bonchev–Trinajstić information content (AvgIpc) is 2.56. The van der Waals surface area contributed by atoms with Crippen molar-refractivity contribution < 1.29 is 9.53 Å². The number of hydrogen-bond donors (Lipinski definition) is 0. The lowest BCUT2D eigenvalue weighted by Gasteiger charge is -2.26. The molecule has 0 N–H and O–H groups in total. The molecule has 0 saturated carbocycles. The van der Waals surface area contributed by atoms with Crippen molar-refractivity contribution in [3.05, 3.63) is 33.8 Å². The van der Waals surface area contributed by atoms with Crippen LogP contribution in [0.2, 0.25) is 0 Å². The Bertz CT molecular complexity index is 540. The van der Waals surface area contributed by atoms with Crippen molar-refractivity contribution in [3.8, 4) is 0 Å². The van der Waals surface area contributed by atoms with E-state index in [-0.39, 0.29) is 5.97 Å². The number of rotatable bonds is 3. The van der Waals surface area contributed by atoms with E-state index in [2.05, 4.69) is 46.0 Å². The van der Waals surface area contributed by atoms with Crippen molar-refractivity contribution in [2.24, 2.45) is 0 Å². The van der Waals surface area contributed by atoms with Crippen LogP contribution in [-0.2, 0) is 9.53 Å². The molecule has 0 amide bonds. The molecule has 0 aromatic heterocycles. The Kier molecular flexibility index (Phi) is 5.85. The van der Waals surface area contributed by atoms with Gasteiger partial charge in [-0.3, -0.25) is 0 Å². The average molecular weight is 352 g/mol. The first-order valence-electron chi connectivity index (χ1n) is 7.49. The van der Waals surface area contributed by atoms with Crippen LogP contribution in [-0.4, -0.2) is 26.2 Å². The highest BCUT2D eigenvalue weighted by molar-refractivity contribution is 9.10. The summed E-state index contributed by atoms with van der Waals surface area (Å²) in [5.41, 5.74) is 3.04. The number of fused-ring (bicyclic) bond motifs is 1. The van der Waals surface area contributed by atoms with Gasteiger partial charge < -0.3 is 9.64 Å². The number of nitrogens with zero attached hydrogens (tertiary/aromatic N) is 1. The largest absolute Gasteiger partial charge is 0.466 e. The Hall–Kier alpha value is -1.29. The lowest BCUT2D eigenvalue weighted by atomic mass is 10.0. The predicted molar refractivity (Wildman–Crippen MR) is 90.5 cm³/mol. The van der Waals surface area contributed by atoms with Gasteiger partial charge in [0.05, 0.1) is 7.11 Å².